The zero-order valence-electron chi connectivity index (χ0n) is 11.1. The van der Waals surface area contributed by atoms with Crippen molar-refractivity contribution in [2.75, 3.05) is 11.4 Å². The molecule has 0 saturated carbocycles. The van der Waals surface area contributed by atoms with Crippen LogP contribution in [0.5, 0.6) is 0 Å². The SMILES string of the molecule is CC(C)(C)OC(=O)N1C[C@H](N)Cc2ccccc21. The van der Waals surface area contributed by atoms with Gasteiger partial charge in [0.25, 0.3) is 0 Å². The summed E-state index contributed by atoms with van der Waals surface area (Å²) in [6, 6.07) is 7.79. The first-order valence-corrected chi connectivity index (χ1v) is 6.21. The van der Waals surface area contributed by atoms with Crippen molar-refractivity contribution in [1.29, 1.82) is 0 Å². The summed E-state index contributed by atoms with van der Waals surface area (Å²) in [5.41, 5.74) is 7.51. The number of nitrogens with two attached hydrogens (primary N) is 1. The number of ether oxygens (including phenoxy) is 1. The molecule has 18 heavy (non-hydrogen) atoms. The Hall–Kier alpha value is -1.55. The number of hydrogen-bond donors (Lipinski definition) is 1. The number of carbonyl (C=O) groups is 1. The Kier molecular flexibility index (Phi) is 3.30. The molecular formula is C14H20N2O2. The quantitative estimate of drug-likeness (QED) is 0.766. The number of carbonyl (C=O) groups excluding carboxylic acids is 1. The summed E-state index contributed by atoms with van der Waals surface area (Å²) in [7, 11) is 0. The van der Waals surface area contributed by atoms with E-state index in [0.717, 1.165) is 17.7 Å². The van der Waals surface area contributed by atoms with Gasteiger partial charge in [-0.1, -0.05) is 18.2 Å². The Morgan fingerprint density at radius 3 is 2.72 bits per heavy atom. The maximum absolute atomic E-state index is 12.2. The molecule has 98 valence electrons. The van der Waals surface area contributed by atoms with Crippen LogP contribution in [0, 0.1) is 0 Å². The standard InChI is InChI=1S/C14H20N2O2/c1-14(2,3)18-13(17)16-9-11(15)8-10-6-4-5-7-12(10)16/h4-7,11H,8-9,15H2,1-3H3/t11-/m1/s1. The molecule has 0 unspecified atom stereocenters. The minimum absolute atomic E-state index is 0.0348. The predicted molar refractivity (Wildman–Crippen MR) is 71.7 cm³/mol. The zero-order chi connectivity index (χ0) is 13.3. The van der Waals surface area contributed by atoms with E-state index in [9.17, 15) is 4.79 Å². The molecule has 0 spiro atoms. The van der Waals surface area contributed by atoms with Crippen molar-refractivity contribution in [2.45, 2.75) is 38.8 Å². The van der Waals surface area contributed by atoms with Crippen LogP contribution in [0.15, 0.2) is 24.3 Å². The van der Waals surface area contributed by atoms with Gasteiger partial charge in [-0.3, -0.25) is 4.90 Å². The average molecular weight is 248 g/mol. The van der Waals surface area contributed by atoms with Crippen molar-refractivity contribution < 1.29 is 9.53 Å². The third-order valence-electron chi connectivity index (χ3n) is 2.80. The fraction of sp³-hybridized carbons (Fsp3) is 0.500. The first-order chi connectivity index (χ1) is 8.37. The maximum Gasteiger partial charge on any atom is 0.414 e. The first-order valence-electron chi connectivity index (χ1n) is 6.21. The number of rotatable bonds is 0. The third kappa shape index (κ3) is 2.82. The Morgan fingerprint density at radius 2 is 2.06 bits per heavy atom. The van der Waals surface area contributed by atoms with Gasteiger partial charge < -0.3 is 10.5 Å². The molecule has 1 aliphatic rings. The molecule has 1 amide bonds. The van der Waals surface area contributed by atoms with Gasteiger partial charge in [0.2, 0.25) is 0 Å². The van der Waals surface area contributed by atoms with Gasteiger partial charge in [-0.05, 0) is 38.8 Å². The monoisotopic (exact) mass is 248 g/mol. The molecular weight excluding hydrogens is 228 g/mol. The molecule has 0 fully saturated rings. The zero-order valence-corrected chi connectivity index (χ0v) is 11.1. The predicted octanol–water partition coefficient (Wildman–Crippen LogP) is 2.31. The van der Waals surface area contributed by atoms with Crippen molar-refractivity contribution in [2.24, 2.45) is 5.73 Å². The lowest BCUT2D eigenvalue weighted by Crippen LogP contribution is -2.47. The number of para-hydroxylation sites is 1. The van der Waals surface area contributed by atoms with Crippen LogP contribution < -0.4 is 10.6 Å². The summed E-state index contributed by atoms with van der Waals surface area (Å²) in [6.07, 6.45) is 0.472. The van der Waals surface area contributed by atoms with Crippen LogP contribution in [-0.4, -0.2) is 24.3 Å². The van der Waals surface area contributed by atoms with E-state index in [4.69, 9.17) is 10.5 Å². The van der Waals surface area contributed by atoms with Crippen LogP contribution >= 0.6 is 0 Å². The van der Waals surface area contributed by atoms with Crippen LogP contribution in [0.2, 0.25) is 0 Å². The number of benzene rings is 1. The largest absolute Gasteiger partial charge is 0.443 e. The molecule has 1 aliphatic heterocycles. The van der Waals surface area contributed by atoms with E-state index in [0.29, 0.717) is 6.54 Å². The van der Waals surface area contributed by atoms with E-state index < -0.39 is 5.60 Å². The van der Waals surface area contributed by atoms with E-state index in [2.05, 4.69) is 0 Å². The minimum Gasteiger partial charge on any atom is -0.443 e. The second-order valence-electron chi connectivity index (χ2n) is 5.68. The molecule has 1 aromatic carbocycles. The second-order valence-corrected chi connectivity index (χ2v) is 5.68. The normalized spacial score (nSPS) is 19.3. The maximum atomic E-state index is 12.2. The number of anilines is 1. The van der Waals surface area contributed by atoms with Gasteiger partial charge in [0.1, 0.15) is 5.60 Å². The van der Waals surface area contributed by atoms with E-state index in [1.807, 2.05) is 45.0 Å². The third-order valence-corrected chi connectivity index (χ3v) is 2.80. The van der Waals surface area contributed by atoms with Crippen LogP contribution in [0.25, 0.3) is 0 Å². The molecule has 1 aromatic rings. The molecule has 2 rings (SSSR count). The lowest BCUT2D eigenvalue weighted by molar-refractivity contribution is 0.0575. The van der Waals surface area contributed by atoms with Crippen molar-refractivity contribution >= 4 is 11.8 Å². The summed E-state index contributed by atoms with van der Waals surface area (Å²) < 4.78 is 5.41. The molecule has 0 aliphatic carbocycles. The van der Waals surface area contributed by atoms with Crippen molar-refractivity contribution in [3.63, 3.8) is 0 Å². The average Bonchev–Trinajstić information content (AvgIpc) is 2.25. The fourth-order valence-corrected chi connectivity index (χ4v) is 2.12. The van der Waals surface area contributed by atoms with E-state index in [1.54, 1.807) is 4.90 Å². The summed E-state index contributed by atoms with van der Waals surface area (Å²) in [6.45, 7) is 6.09. The fourth-order valence-electron chi connectivity index (χ4n) is 2.12. The van der Waals surface area contributed by atoms with Crippen LogP contribution in [0.3, 0.4) is 0 Å². The second kappa shape index (κ2) is 4.61. The number of amides is 1. The number of nitrogens with zero attached hydrogens (tertiary/aromatic N) is 1. The van der Waals surface area contributed by atoms with Gasteiger partial charge in [-0.25, -0.2) is 4.79 Å². The highest BCUT2D eigenvalue weighted by atomic mass is 16.6. The van der Waals surface area contributed by atoms with Crippen molar-refractivity contribution in [3.8, 4) is 0 Å². The molecule has 2 N–H and O–H groups in total. The highest BCUT2D eigenvalue weighted by Crippen LogP contribution is 2.27. The van der Waals surface area contributed by atoms with Crippen molar-refractivity contribution in [1.82, 2.24) is 0 Å². The molecule has 0 radical (unpaired) electrons. The van der Waals surface area contributed by atoms with Gasteiger partial charge in [0, 0.05) is 12.6 Å². The topological polar surface area (TPSA) is 55.6 Å². The molecule has 1 atom stereocenters. The van der Waals surface area contributed by atoms with E-state index in [-0.39, 0.29) is 12.1 Å². The van der Waals surface area contributed by atoms with Crippen molar-refractivity contribution in [3.05, 3.63) is 29.8 Å². The smallest absolute Gasteiger partial charge is 0.414 e. The van der Waals surface area contributed by atoms with Gasteiger partial charge in [0.15, 0.2) is 0 Å². The van der Waals surface area contributed by atoms with Gasteiger partial charge in [-0.2, -0.15) is 0 Å². The summed E-state index contributed by atoms with van der Waals surface area (Å²) in [4.78, 5) is 13.8. The molecule has 0 saturated heterocycles. The molecule has 4 heteroatoms. The lowest BCUT2D eigenvalue weighted by Gasteiger charge is -2.34. The van der Waals surface area contributed by atoms with Crippen LogP contribution in [0.1, 0.15) is 26.3 Å². The molecule has 0 aromatic heterocycles. The number of fused-ring (bicyclic) bond motifs is 1. The molecule has 1 heterocycles. The van der Waals surface area contributed by atoms with Gasteiger partial charge in [0.05, 0.1) is 5.69 Å². The summed E-state index contributed by atoms with van der Waals surface area (Å²) in [5, 5.41) is 0. The van der Waals surface area contributed by atoms with Gasteiger partial charge >= 0.3 is 6.09 Å². The molecule has 4 nitrogen and oxygen atoms in total. The highest BCUT2D eigenvalue weighted by Gasteiger charge is 2.29. The number of hydrogen-bond acceptors (Lipinski definition) is 3. The summed E-state index contributed by atoms with van der Waals surface area (Å²) >= 11 is 0. The Bertz CT molecular complexity index is 451. The highest BCUT2D eigenvalue weighted by molar-refractivity contribution is 5.89. The van der Waals surface area contributed by atoms with E-state index >= 15 is 0 Å². The summed E-state index contributed by atoms with van der Waals surface area (Å²) in [5.74, 6) is 0. The van der Waals surface area contributed by atoms with Crippen LogP contribution in [-0.2, 0) is 11.2 Å². The van der Waals surface area contributed by atoms with E-state index in [1.165, 1.54) is 0 Å². The lowest BCUT2D eigenvalue weighted by atomic mass is 9.99. The molecule has 0 bridgehead atoms. The Labute approximate surface area is 108 Å². The Morgan fingerprint density at radius 1 is 1.39 bits per heavy atom. The first kappa shape index (κ1) is 12.9. The minimum atomic E-state index is -0.492. The van der Waals surface area contributed by atoms with Gasteiger partial charge in [-0.15, -0.1) is 0 Å². The van der Waals surface area contributed by atoms with Crippen LogP contribution in [0.4, 0.5) is 10.5 Å². The Balaban J connectivity index is 2.26.